The third-order valence-corrected chi connectivity index (χ3v) is 5.03. The summed E-state index contributed by atoms with van der Waals surface area (Å²) < 4.78 is 5.69. The molecule has 162 valence electrons. The Labute approximate surface area is 189 Å². The van der Waals surface area contributed by atoms with Gasteiger partial charge in [-0.2, -0.15) is 0 Å². The van der Waals surface area contributed by atoms with E-state index < -0.39 is 5.91 Å². The quantitative estimate of drug-likeness (QED) is 0.369. The number of hydrogen-bond acceptors (Lipinski definition) is 4. The van der Waals surface area contributed by atoms with E-state index in [2.05, 4.69) is 20.8 Å². The molecule has 4 rings (SSSR count). The Morgan fingerprint density at radius 3 is 2.44 bits per heavy atom. The number of H-pyrrole nitrogens is 1. The number of halogens is 1. The van der Waals surface area contributed by atoms with Crippen LogP contribution in [0.3, 0.4) is 0 Å². The van der Waals surface area contributed by atoms with E-state index in [1.807, 2.05) is 24.3 Å². The average molecular weight is 449 g/mol. The highest BCUT2D eigenvalue weighted by Gasteiger charge is 2.09. The number of amides is 2. The first-order chi connectivity index (χ1) is 15.6. The number of nitrogens with zero attached hydrogens (tertiary/aromatic N) is 1. The van der Waals surface area contributed by atoms with Crippen LogP contribution in [-0.2, 0) is 17.8 Å². The number of imidazole rings is 1. The van der Waals surface area contributed by atoms with Gasteiger partial charge in [0.25, 0.3) is 5.91 Å². The van der Waals surface area contributed by atoms with Crippen molar-refractivity contribution in [1.29, 1.82) is 0 Å². The Morgan fingerprint density at radius 2 is 1.69 bits per heavy atom. The molecule has 32 heavy (non-hydrogen) atoms. The minimum Gasteiger partial charge on any atom is -0.489 e. The second kappa shape index (κ2) is 9.98. The summed E-state index contributed by atoms with van der Waals surface area (Å²) >= 11 is 5.86. The lowest BCUT2D eigenvalue weighted by molar-refractivity contribution is -0.121. The molecular weight excluding hydrogens is 428 g/mol. The van der Waals surface area contributed by atoms with E-state index in [9.17, 15) is 9.59 Å². The summed E-state index contributed by atoms with van der Waals surface area (Å²) in [4.78, 5) is 32.0. The molecule has 2 amide bonds. The smallest absolute Gasteiger partial charge is 0.269 e. The molecule has 8 heteroatoms. The molecule has 0 aliphatic heterocycles. The Kier molecular flexibility index (Phi) is 6.67. The predicted octanol–water partition coefficient (Wildman–Crippen LogP) is 4.19. The molecule has 0 atom stereocenters. The summed E-state index contributed by atoms with van der Waals surface area (Å²) in [5.74, 6) is 0.740. The zero-order chi connectivity index (χ0) is 22.3. The van der Waals surface area contributed by atoms with Gasteiger partial charge >= 0.3 is 0 Å². The third-order valence-electron chi connectivity index (χ3n) is 4.78. The van der Waals surface area contributed by atoms with Crippen molar-refractivity contribution >= 4 is 34.4 Å². The number of ether oxygens (including phenoxy) is 1. The fourth-order valence-corrected chi connectivity index (χ4v) is 3.19. The highest BCUT2D eigenvalue weighted by Crippen LogP contribution is 2.17. The van der Waals surface area contributed by atoms with Crippen LogP contribution in [0.2, 0.25) is 5.02 Å². The molecular formula is C24H21ClN4O3. The lowest BCUT2D eigenvalue weighted by Crippen LogP contribution is -2.41. The number of aromatic amines is 1. The monoisotopic (exact) mass is 448 g/mol. The van der Waals surface area contributed by atoms with Crippen molar-refractivity contribution in [2.45, 2.75) is 19.4 Å². The fraction of sp³-hybridized carbons (Fsp3) is 0.125. The van der Waals surface area contributed by atoms with Crippen LogP contribution >= 0.6 is 11.6 Å². The molecule has 0 aliphatic carbocycles. The molecule has 0 bridgehead atoms. The van der Waals surface area contributed by atoms with Crippen molar-refractivity contribution in [3.63, 3.8) is 0 Å². The Hall–Kier alpha value is -3.84. The lowest BCUT2D eigenvalue weighted by atomic mass is 10.1. The number of para-hydroxylation sites is 2. The summed E-state index contributed by atoms with van der Waals surface area (Å²) in [6.45, 7) is 0.363. The molecule has 1 heterocycles. The van der Waals surface area contributed by atoms with Gasteiger partial charge in [0.05, 0.1) is 11.0 Å². The first kappa shape index (κ1) is 21.4. The molecule has 4 aromatic rings. The number of rotatable bonds is 7. The van der Waals surface area contributed by atoms with Gasteiger partial charge in [0.1, 0.15) is 18.2 Å². The van der Waals surface area contributed by atoms with Crippen LogP contribution < -0.4 is 15.6 Å². The molecule has 0 saturated carbocycles. The SMILES string of the molecule is O=C(CCc1nc2ccccc2[nH]1)NNC(=O)c1ccc(COc2ccc(Cl)cc2)cc1. The van der Waals surface area contributed by atoms with Crippen molar-refractivity contribution < 1.29 is 14.3 Å². The lowest BCUT2D eigenvalue weighted by Gasteiger charge is -2.09. The summed E-state index contributed by atoms with van der Waals surface area (Å²) in [7, 11) is 0. The Balaban J connectivity index is 1.21. The minimum absolute atomic E-state index is 0.196. The van der Waals surface area contributed by atoms with Crippen LogP contribution in [0.5, 0.6) is 5.75 Å². The zero-order valence-electron chi connectivity index (χ0n) is 17.1. The minimum atomic E-state index is -0.396. The number of hydrazine groups is 1. The maximum atomic E-state index is 12.3. The molecule has 1 aromatic heterocycles. The highest BCUT2D eigenvalue weighted by atomic mass is 35.5. The molecule has 0 aliphatic rings. The van der Waals surface area contributed by atoms with Crippen molar-refractivity contribution in [1.82, 2.24) is 20.8 Å². The third kappa shape index (κ3) is 5.65. The maximum absolute atomic E-state index is 12.3. The number of aryl methyl sites for hydroxylation is 1. The maximum Gasteiger partial charge on any atom is 0.269 e. The fourth-order valence-electron chi connectivity index (χ4n) is 3.07. The van der Waals surface area contributed by atoms with Gasteiger partial charge in [-0.1, -0.05) is 35.9 Å². The van der Waals surface area contributed by atoms with Crippen molar-refractivity contribution in [2.75, 3.05) is 0 Å². The number of nitrogens with one attached hydrogen (secondary N) is 3. The van der Waals surface area contributed by atoms with Gasteiger partial charge in [-0.3, -0.25) is 20.4 Å². The van der Waals surface area contributed by atoms with Crippen LogP contribution in [0, 0.1) is 0 Å². The Morgan fingerprint density at radius 1 is 0.938 bits per heavy atom. The molecule has 3 N–H and O–H groups in total. The largest absolute Gasteiger partial charge is 0.489 e. The van der Waals surface area contributed by atoms with Crippen LogP contribution in [-0.4, -0.2) is 21.8 Å². The van der Waals surface area contributed by atoms with Crippen molar-refractivity contribution in [3.8, 4) is 5.75 Å². The molecule has 3 aromatic carbocycles. The van der Waals surface area contributed by atoms with Gasteiger partial charge in [-0.15, -0.1) is 0 Å². The van der Waals surface area contributed by atoms with Crippen LogP contribution in [0.15, 0.2) is 72.8 Å². The van der Waals surface area contributed by atoms with Gasteiger partial charge in [-0.25, -0.2) is 4.98 Å². The van der Waals surface area contributed by atoms with E-state index in [0.717, 1.165) is 22.4 Å². The van der Waals surface area contributed by atoms with E-state index in [-0.39, 0.29) is 12.3 Å². The van der Waals surface area contributed by atoms with Gasteiger partial charge < -0.3 is 9.72 Å². The molecule has 0 spiro atoms. The van der Waals surface area contributed by atoms with E-state index in [0.29, 0.717) is 29.4 Å². The van der Waals surface area contributed by atoms with Crippen LogP contribution in [0.25, 0.3) is 11.0 Å². The van der Waals surface area contributed by atoms with Gasteiger partial charge in [-0.05, 0) is 54.1 Å². The average Bonchev–Trinajstić information content (AvgIpc) is 3.24. The van der Waals surface area contributed by atoms with Gasteiger partial charge in [0, 0.05) is 23.4 Å². The second-order valence-electron chi connectivity index (χ2n) is 7.14. The summed E-state index contributed by atoms with van der Waals surface area (Å²) in [5, 5.41) is 0.648. The Bertz CT molecular complexity index is 1190. The number of aromatic nitrogens is 2. The van der Waals surface area contributed by atoms with Crippen LogP contribution in [0.1, 0.15) is 28.2 Å². The van der Waals surface area contributed by atoms with Gasteiger partial charge in [0.15, 0.2) is 0 Å². The van der Waals surface area contributed by atoms with Gasteiger partial charge in [0.2, 0.25) is 5.91 Å². The zero-order valence-corrected chi connectivity index (χ0v) is 17.9. The van der Waals surface area contributed by atoms with E-state index in [4.69, 9.17) is 16.3 Å². The molecule has 0 fully saturated rings. The number of carbonyl (C=O) groups excluding carboxylic acids is 2. The van der Waals surface area contributed by atoms with E-state index in [1.54, 1.807) is 48.5 Å². The summed E-state index contributed by atoms with van der Waals surface area (Å²) in [6, 6.07) is 21.7. The van der Waals surface area contributed by atoms with E-state index >= 15 is 0 Å². The second-order valence-corrected chi connectivity index (χ2v) is 7.58. The first-order valence-electron chi connectivity index (χ1n) is 10.1. The molecule has 0 saturated heterocycles. The number of benzene rings is 3. The number of carbonyl (C=O) groups is 2. The normalized spacial score (nSPS) is 10.7. The van der Waals surface area contributed by atoms with Crippen molar-refractivity contribution in [2.24, 2.45) is 0 Å². The molecule has 0 radical (unpaired) electrons. The molecule has 7 nitrogen and oxygen atoms in total. The molecule has 0 unspecified atom stereocenters. The standard InChI is InChI=1S/C24H21ClN4O3/c25-18-9-11-19(12-10-18)32-15-16-5-7-17(8-6-16)24(31)29-28-23(30)14-13-22-26-20-3-1-2-4-21(20)27-22/h1-12H,13-15H2,(H,26,27)(H,28,30)(H,29,31). The predicted molar refractivity (Wildman–Crippen MR) is 122 cm³/mol. The topological polar surface area (TPSA) is 96.1 Å². The first-order valence-corrected chi connectivity index (χ1v) is 10.4. The number of hydrogen-bond donors (Lipinski definition) is 3. The summed E-state index contributed by atoms with van der Waals surface area (Å²) in [5.41, 5.74) is 7.99. The van der Waals surface area contributed by atoms with Crippen molar-refractivity contribution in [3.05, 3.63) is 94.8 Å². The summed E-state index contributed by atoms with van der Waals surface area (Å²) in [6.07, 6.45) is 0.639. The number of fused-ring (bicyclic) bond motifs is 1. The van der Waals surface area contributed by atoms with E-state index in [1.165, 1.54) is 0 Å². The highest BCUT2D eigenvalue weighted by molar-refractivity contribution is 6.30. The van der Waals surface area contributed by atoms with Crippen LogP contribution in [0.4, 0.5) is 0 Å².